The number of aromatic hydroxyl groups is 2. The van der Waals surface area contributed by atoms with Gasteiger partial charge in [-0.3, -0.25) is 0 Å². The SMILES string of the molecule is COc1cc(OC)c(CNCCc2ccc(O)cc2)cc1O. The van der Waals surface area contributed by atoms with Crippen LogP contribution in [0, 0.1) is 0 Å². The molecule has 0 aliphatic rings. The van der Waals surface area contributed by atoms with E-state index in [4.69, 9.17) is 9.47 Å². The summed E-state index contributed by atoms with van der Waals surface area (Å²) in [4.78, 5) is 0. The van der Waals surface area contributed by atoms with Gasteiger partial charge in [0.05, 0.1) is 14.2 Å². The molecule has 0 unspecified atom stereocenters. The highest BCUT2D eigenvalue weighted by molar-refractivity contribution is 5.49. The van der Waals surface area contributed by atoms with Gasteiger partial charge in [-0.1, -0.05) is 12.1 Å². The van der Waals surface area contributed by atoms with Crippen molar-refractivity contribution < 1.29 is 19.7 Å². The van der Waals surface area contributed by atoms with Gasteiger partial charge in [-0.2, -0.15) is 0 Å². The van der Waals surface area contributed by atoms with Crippen molar-refractivity contribution in [1.82, 2.24) is 5.32 Å². The van der Waals surface area contributed by atoms with Crippen LogP contribution in [0.15, 0.2) is 36.4 Å². The minimum Gasteiger partial charge on any atom is -0.508 e. The van der Waals surface area contributed by atoms with Crippen molar-refractivity contribution in [2.24, 2.45) is 0 Å². The molecule has 0 aliphatic heterocycles. The third-order valence-corrected chi connectivity index (χ3v) is 3.42. The Kier molecular flexibility index (Phi) is 5.49. The van der Waals surface area contributed by atoms with Crippen molar-refractivity contribution in [3.63, 3.8) is 0 Å². The van der Waals surface area contributed by atoms with E-state index in [-0.39, 0.29) is 11.5 Å². The van der Waals surface area contributed by atoms with Crippen LogP contribution in [0.2, 0.25) is 0 Å². The maximum Gasteiger partial charge on any atom is 0.164 e. The van der Waals surface area contributed by atoms with Gasteiger partial charge in [0.25, 0.3) is 0 Å². The van der Waals surface area contributed by atoms with Gasteiger partial charge >= 0.3 is 0 Å². The number of phenolic OH excluding ortho intramolecular Hbond substituents is 2. The number of benzene rings is 2. The Labute approximate surface area is 130 Å². The van der Waals surface area contributed by atoms with Gasteiger partial charge < -0.3 is 25.0 Å². The van der Waals surface area contributed by atoms with Gasteiger partial charge in [0.1, 0.15) is 11.5 Å². The number of hydrogen-bond donors (Lipinski definition) is 3. The predicted molar refractivity (Wildman–Crippen MR) is 84.7 cm³/mol. The highest BCUT2D eigenvalue weighted by Gasteiger charge is 2.10. The zero-order chi connectivity index (χ0) is 15.9. The first-order valence-electron chi connectivity index (χ1n) is 7.06. The Hall–Kier alpha value is -2.40. The average Bonchev–Trinajstić information content (AvgIpc) is 2.53. The normalized spacial score (nSPS) is 10.5. The van der Waals surface area contributed by atoms with Crippen molar-refractivity contribution in [1.29, 1.82) is 0 Å². The fourth-order valence-electron chi connectivity index (χ4n) is 2.20. The van der Waals surface area contributed by atoms with E-state index in [1.807, 2.05) is 12.1 Å². The maximum atomic E-state index is 9.84. The number of ether oxygens (including phenoxy) is 2. The van der Waals surface area contributed by atoms with Crippen LogP contribution < -0.4 is 14.8 Å². The second kappa shape index (κ2) is 7.56. The number of rotatable bonds is 7. The molecule has 0 aromatic heterocycles. The van der Waals surface area contributed by atoms with Crippen molar-refractivity contribution in [3.8, 4) is 23.0 Å². The summed E-state index contributed by atoms with van der Waals surface area (Å²) < 4.78 is 10.4. The molecule has 0 spiro atoms. The Morgan fingerprint density at radius 1 is 0.955 bits per heavy atom. The molecule has 0 saturated carbocycles. The molecule has 0 atom stereocenters. The molecule has 0 bridgehead atoms. The van der Waals surface area contributed by atoms with Crippen LogP contribution in [-0.4, -0.2) is 31.0 Å². The smallest absolute Gasteiger partial charge is 0.164 e. The first kappa shape index (κ1) is 16.0. The molecule has 0 heterocycles. The molecular weight excluding hydrogens is 282 g/mol. The van der Waals surface area contributed by atoms with Gasteiger partial charge in [-0.15, -0.1) is 0 Å². The van der Waals surface area contributed by atoms with Crippen molar-refractivity contribution in [3.05, 3.63) is 47.5 Å². The molecule has 3 N–H and O–H groups in total. The monoisotopic (exact) mass is 303 g/mol. The molecule has 0 radical (unpaired) electrons. The van der Waals surface area contributed by atoms with Crippen molar-refractivity contribution >= 4 is 0 Å². The molecular formula is C17H21NO4. The van der Waals surface area contributed by atoms with Gasteiger partial charge in [0, 0.05) is 18.2 Å². The lowest BCUT2D eigenvalue weighted by atomic mass is 10.1. The van der Waals surface area contributed by atoms with Crippen molar-refractivity contribution in [2.45, 2.75) is 13.0 Å². The number of phenols is 2. The molecule has 118 valence electrons. The average molecular weight is 303 g/mol. The van der Waals surface area contributed by atoms with Crippen molar-refractivity contribution in [2.75, 3.05) is 20.8 Å². The summed E-state index contributed by atoms with van der Waals surface area (Å²) >= 11 is 0. The number of hydrogen-bond acceptors (Lipinski definition) is 5. The summed E-state index contributed by atoms with van der Waals surface area (Å²) in [6.07, 6.45) is 0.852. The van der Waals surface area contributed by atoms with E-state index in [0.29, 0.717) is 18.0 Å². The van der Waals surface area contributed by atoms with Gasteiger partial charge in [-0.25, -0.2) is 0 Å². The lowest BCUT2D eigenvalue weighted by Crippen LogP contribution is -2.17. The van der Waals surface area contributed by atoms with Crippen LogP contribution in [-0.2, 0) is 13.0 Å². The summed E-state index contributed by atoms with van der Waals surface area (Å²) in [5.41, 5.74) is 2.02. The van der Waals surface area contributed by atoms with E-state index in [1.165, 1.54) is 7.11 Å². The minimum atomic E-state index is 0.0960. The Balaban J connectivity index is 1.91. The summed E-state index contributed by atoms with van der Waals surface area (Å²) in [5, 5.41) is 22.4. The summed E-state index contributed by atoms with van der Waals surface area (Å²) in [6, 6.07) is 10.5. The molecule has 0 amide bonds. The van der Waals surface area contributed by atoms with Crippen LogP contribution in [0.3, 0.4) is 0 Å². The fraction of sp³-hybridized carbons (Fsp3) is 0.294. The molecule has 0 saturated heterocycles. The number of methoxy groups -OCH3 is 2. The van der Waals surface area contributed by atoms with Crippen LogP contribution in [0.1, 0.15) is 11.1 Å². The standard InChI is InChI=1S/C17H21NO4/c1-21-16-10-17(22-2)15(20)9-13(16)11-18-8-7-12-3-5-14(19)6-4-12/h3-6,9-10,18-20H,7-8,11H2,1-2H3. The molecule has 0 aliphatic carbocycles. The van der Waals surface area contributed by atoms with E-state index in [1.54, 1.807) is 31.4 Å². The van der Waals surface area contributed by atoms with E-state index in [9.17, 15) is 10.2 Å². The topological polar surface area (TPSA) is 71.0 Å². The first-order valence-corrected chi connectivity index (χ1v) is 7.06. The molecule has 5 nitrogen and oxygen atoms in total. The van der Waals surface area contributed by atoms with E-state index < -0.39 is 0 Å². The molecule has 2 aromatic carbocycles. The Bertz CT molecular complexity index is 611. The Morgan fingerprint density at radius 3 is 2.27 bits per heavy atom. The molecule has 5 heteroatoms. The van der Waals surface area contributed by atoms with E-state index >= 15 is 0 Å². The summed E-state index contributed by atoms with van der Waals surface area (Å²) in [5.74, 6) is 1.44. The molecule has 22 heavy (non-hydrogen) atoms. The number of nitrogens with one attached hydrogen (secondary N) is 1. The maximum absolute atomic E-state index is 9.84. The van der Waals surface area contributed by atoms with E-state index in [2.05, 4.69) is 5.32 Å². The van der Waals surface area contributed by atoms with Crippen LogP contribution in [0.25, 0.3) is 0 Å². The van der Waals surface area contributed by atoms with Gasteiger partial charge in [0.2, 0.25) is 0 Å². The quantitative estimate of drug-likeness (QED) is 0.685. The van der Waals surface area contributed by atoms with E-state index in [0.717, 1.165) is 24.1 Å². The second-order valence-corrected chi connectivity index (χ2v) is 4.93. The summed E-state index contributed by atoms with van der Waals surface area (Å²) in [6.45, 7) is 1.36. The van der Waals surface area contributed by atoms with Crippen LogP contribution in [0.5, 0.6) is 23.0 Å². The first-order chi connectivity index (χ1) is 10.6. The largest absolute Gasteiger partial charge is 0.508 e. The molecule has 2 aromatic rings. The molecule has 2 rings (SSSR count). The highest BCUT2D eigenvalue weighted by atomic mass is 16.5. The lowest BCUT2D eigenvalue weighted by molar-refractivity contribution is 0.361. The lowest BCUT2D eigenvalue weighted by Gasteiger charge is -2.13. The van der Waals surface area contributed by atoms with Gasteiger partial charge in [0.15, 0.2) is 11.5 Å². The zero-order valence-corrected chi connectivity index (χ0v) is 12.8. The predicted octanol–water partition coefficient (Wildman–Crippen LogP) is 2.45. The third-order valence-electron chi connectivity index (χ3n) is 3.42. The summed E-state index contributed by atoms with van der Waals surface area (Å²) in [7, 11) is 3.09. The fourth-order valence-corrected chi connectivity index (χ4v) is 2.20. The molecule has 0 fully saturated rings. The van der Waals surface area contributed by atoms with Crippen LogP contribution >= 0.6 is 0 Å². The second-order valence-electron chi connectivity index (χ2n) is 4.93. The minimum absolute atomic E-state index is 0.0960. The van der Waals surface area contributed by atoms with Crippen LogP contribution in [0.4, 0.5) is 0 Å². The Morgan fingerprint density at radius 2 is 1.64 bits per heavy atom. The van der Waals surface area contributed by atoms with Gasteiger partial charge in [-0.05, 0) is 36.7 Å². The third kappa shape index (κ3) is 4.05. The highest BCUT2D eigenvalue weighted by Crippen LogP contribution is 2.33. The zero-order valence-electron chi connectivity index (χ0n) is 12.8.